The number of fused-ring (bicyclic) bond motifs is 1. The Labute approximate surface area is 118 Å². The van der Waals surface area contributed by atoms with Gasteiger partial charge in [0.25, 0.3) is 0 Å². The van der Waals surface area contributed by atoms with Gasteiger partial charge in [-0.15, -0.1) is 11.3 Å². The lowest BCUT2D eigenvalue weighted by Crippen LogP contribution is -2.08. The van der Waals surface area contributed by atoms with Crippen LogP contribution < -0.4 is 5.73 Å². The molecular weight excluding hydrogens is 285 g/mol. The molecule has 0 saturated carbocycles. The monoisotopic (exact) mass is 295 g/mol. The number of benzene rings is 1. The zero-order valence-corrected chi connectivity index (χ0v) is 11.7. The number of hydrogen-bond acceptors (Lipinski definition) is 3. The fourth-order valence-electron chi connectivity index (χ4n) is 2.17. The summed E-state index contributed by atoms with van der Waals surface area (Å²) in [6.45, 7) is 2.03. The molecule has 2 N–H and O–H groups in total. The van der Waals surface area contributed by atoms with E-state index in [1.54, 1.807) is 17.4 Å². The third-order valence-electron chi connectivity index (χ3n) is 3.10. The molecular formula is C13H11ClFN3S. The first-order valence-electron chi connectivity index (χ1n) is 5.74. The van der Waals surface area contributed by atoms with Crippen molar-refractivity contribution >= 4 is 39.9 Å². The van der Waals surface area contributed by atoms with Crippen LogP contribution in [-0.2, 0) is 0 Å². The van der Waals surface area contributed by atoms with Crippen LogP contribution in [0, 0.1) is 5.82 Å². The number of hydrogen-bond donors (Lipinski definition) is 1. The number of halogens is 2. The summed E-state index contributed by atoms with van der Waals surface area (Å²) in [5, 5.41) is 2.08. The maximum absolute atomic E-state index is 13.4. The summed E-state index contributed by atoms with van der Waals surface area (Å²) in [5.41, 5.74) is 7.21. The van der Waals surface area contributed by atoms with Crippen LogP contribution >= 0.6 is 22.9 Å². The summed E-state index contributed by atoms with van der Waals surface area (Å²) in [6, 6.07) is 6.93. The van der Waals surface area contributed by atoms with Gasteiger partial charge in [-0.1, -0.05) is 17.7 Å². The predicted octanol–water partition coefficient (Wildman–Crippen LogP) is 4.08. The Morgan fingerprint density at radius 1 is 1.47 bits per heavy atom. The van der Waals surface area contributed by atoms with Crippen LogP contribution in [0.4, 0.5) is 10.3 Å². The van der Waals surface area contributed by atoms with Gasteiger partial charge in [-0.25, -0.2) is 9.37 Å². The Kier molecular flexibility index (Phi) is 2.95. The maximum atomic E-state index is 13.4. The van der Waals surface area contributed by atoms with Crippen molar-refractivity contribution in [3.05, 3.63) is 45.4 Å². The summed E-state index contributed by atoms with van der Waals surface area (Å²) < 4.78 is 15.3. The minimum atomic E-state index is -0.484. The number of nitrogen functional groups attached to an aromatic ring is 1. The van der Waals surface area contributed by atoms with Gasteiger partial charge in [-0.2, -0.15) is 0 Å². The third-order valence-corrected chi connectivity index (χ3v) is 4.43. The number of rotatable bonds is 2. The van der Waals surface area contributed by atoms with Gasteiger partial charge in [-0.05, 0) is 24.4 Å². The van der Waals surface area contributed by atoms with Gasteiger partial charge in [0, 0.05) is 10.9 Å². The molecule has 0 radical (unpaired) electrons. The lowest BCUT2D eigenvalue weighted by atomic mass is 10.2. The minimum Gasteiger partial charge on any atom is -0.369 e. The van der Waals surface area contributed by atoms with Crippen molar-refractivity contribution in [1.29, 1.82) is 0 Å². The summed E-state index contributed by atoms with van der Waals surface area (Å²) in [5.74, 6) is -0.125. The normalized spacial score (nSPS) is 13.0. The van der Waals surface area contributed by atoms with E-state index >= 15 is 0 Å². The van der Waals surface area contributed by atoms with Gasteiger partial charge < -0.3 is 10.3 Å². The van der Waals surface area contributed by atoms with E-state index in [2.05, 4.69) is 4.98 Å². The average Bonchev–Trinajstić information content (AvgIpc) is 2.97. The molecule has 3 aromatic rings. The van der Waals surface area contributed by atoms with Crippen LogP contribution in [0.1, 0.15) is 17.8 Å². The van der Waals surface area contributed by atoms with Crippen molar-refractivity contribution in [2.45, 2.75) is 13.0 Å². The molecule has 0 fully saturated rings. The fraction of sp³-hybridized carbons (Fsp3) is 0.154. The number of thiophene rings is 1. The van der Waals surface area contributed by atoms with Crippen LogP contribution in [0.3, 0.4) is 0 Å². The first-order valence-corrected chi connectivity index (χ1v) is 6.99. The number of anilines is 1. The van der Waals surface area contributed by atoms with Crippen molar-refractivity contribution in [2.24, 2.45) is 0 Å². The van der Waals surface area contributed by atoms with Gasteiger partial charge in [0.1, 0.15) is 5.82 Å². The van der Waals surface area contributed by atoms with Crippen molar-refractivity contribution in [1.82, 2.24) is 9.55 Å². The van der Waals surface area contributed by atoms with Crippen molar-refractivity contribution in [3.8, 4) is 0 Å². The molecule has 19 heavy (non-hydrogen) atoms. The van der Waals surface area contributed by atoms with Crippen LogP contribution in [0.2, 0.25) is 5.02 Å². The molecule has 98 valence electrons. The van der Waals surface area contributed by atoms with Gasteiger partial charge >= 0.3 is 0 Å². The van der Waals surface area contributed by atoms with Gasteiger partial charge in [0.15, 0.2) is 0 Å². The topological polar surface area (TPSA) is 43.8 Å². The molecule has 0 aliphatic rings. The van der Waals surface area contributed by atoms with Crippen LogP contribution in [0.15, 0.2) is 29.6 Å². The number of aromatic nitrogens is 2. The first-order chi connectivity index (χ1) is 9.08. The Morgan fingerprint density at radius 3 is 2.95 bits per heavy atom. The predicted molar refractivity (Wildman–Crippen MR) is 77.2 cm³/mol. The highest BCUT2D eigenvalue weighted by Crippen LogP contribution is 2.31. The molecule has 6 heteroatoms. The van der Waals surface area contributed by atoms with E-state index in [9.17, 15) is 4.39 Å². The fourth-order valence-corrected chi connectivity index (χ4v) is 3.10. The standard InChI is InChI=1S/C13H11ClFN3S/c1-7(12-3-2-4-19-12)18-11-5-8(14)9(15)6-10(11)17-13(18)16/h2-7H,1H3,(H2,16,17). The zero-order valence-electron chi connectivity index (χ0n) is 10.1. The quantitative estimate of drug-likeness (QED) is 0.774. The van der Waals surface area contributed by atoms with Crippen LogP contribution in [-0.4, -0.2) is 9.55 Å². The van der Waals surface area contributed by atoms with E-state index in [0.717, 1.165) is 10.4 Å². The molecule has 0 aliphatic carbocycles. The molecule has 0 bridgehead atoms. The highest BCUT2D eigenvalue weighted by Gasteiger charge is 2.17. The Morgan fingerprint density at radius 2 is 2.26 bits per heavy atom. The lowest BCUT2D eigenvalue weighted by Gasteiger charge is -2.14. The van der Waals surface area contributed by atoms with Crippen molar-refractivity contribution in [3.63, 3.8) is 0 Å². The molecule has 1 aromatic carbocycles. The Bertz CT molecular complexity index is 736. The van der Waals surface area contributed by atoms with Gasteiger partial charge in [0.2, 0.25) is 5.95 Å². The van der Waals surface area contributed by atoms with Gasteiger partial charge in [0.05, 0.1) is 22.1 Å². The molecule has 1 atom stereocenters. The summed E-state index contributed by atoms with van der Waals surface area (Å²) in [7, 11) is 0. The summed E-state index contributed by atoms with van der Waals surface area (Å²) in [4.78, 5) is 5.35. The second-order valence-corrected chi connectivity index (χ2v) is 5.67. The zero-order chi connectivity index (χ0) is 13.6. The molecule has 3 nitrogen and oxygen atoms in total. The molecule has 2 aromatic heterocycles. The van der Waals surface area contributed by atoms with E-state index in [-0.39, 0.29) is 11.1 Å². The molecule has 0 spiro atoms. The molecule has 0 aliphatic heterocycles. The maximum Gasteiger partial charge on any atom is 0.201 e. The van der Waals surface area contributed by atoms with Crippen molar-refractivity contribution < 1.29 is 4.39 Å². The second kappa shape index (κ2) is 4.51. The van der Waals surface area contributed by atoms with E-state index in [4.69, 9.17) is 17.3 Å². The summed E-state index contributed by atoms with van der Waals surface area (Å²) >= 11 is 7.49. The van der Waals surface area contributed by atoms with E-state index in [1.807, 2.05) is 29.0 Å². The summed E-state index contributed by atoms with van der Waals surface area (Å²) in [6.07, 6.45) is 0. The third kappa shape index (κ3) is 1.99. The minimum absolute atomic E-state index is 0.0338. The van der Waals surface area contributed by atoms with E-state index < -0.39 is 5.82 Å². The largest absolute Gasteiger partial charge is 0.369 e. The lowest BCUT2D eigenvalue weighted by molar-refractivity contribution is 0.629. The number of nitrogens with two attached hydrogens (primary N) is 1. The highest BCUT2D eigenvalue weighted by molar-refractivity contribution is 7.10. The van der Waals surface area contributed by atoms with Crippen LogP contribution in [0.5, 0.6) is 0 Å². The molecule has 2 heterocycles. The van der Waals surface area contributed by atoms with Gasteiger partial charge in [-0.3, -0.25) is 0 Å². The molecule has 1 unspecified atom stereocenters. The first kappa shape index (κ1) is 12.4. The second-order valence-electron chi connectivity index (χ2n) is 4.29. The highest BCUT2D eigenvalue weighted by atomic mass is 35.5. The molecule has 3 rings (SSSR count). The molecule has 0 amide bonds. The molecule has 0 saturated heterocycles. The number of nitrogens with zero attached hydrogens (tertiary/aromatic N) is 2. The Hall–Kier alpha value is -1.59. The number of imidazole rings is 1. The van der Waals surface area contributed by atoms with Crippen LogP contribution in [0.25, 0.3) is 11.0 Å². The smallest absolute Gasteiger partial charge is 0.201 e. The SMILES string of the molecule is CC(c1cccs1)n1c(N)nc2cc(F)c(Cl)cc21. The Balaban J connectivity index is 2.23. The van der Waals surface area contributed by atoms with Crippen molar-refractivity contribution in [2.75, 3.05) is 5.73 Å². The average molecular weight is 296 g/mol. The van der Waals surface area contributed by atoms with E-state index in [1.165, 1.54) is 6.07 Å². The van der Waals surface area contributed by atoms with E-state index in [0.29, 0.717) is 11.5 Å².